The molecule has 1 aromatic carbocycles. The zero-order chi connectivity index (χ0) is 21.4. The Hall–Kier alpha value is -2.01. The van der Waals surface area contributed by atoms with Crippen molar-refractivity contribution in [3.8, 4) is 5.75 Å². The van der Waals surface area contributed by atoms with Crippen molar-refractivity contribution in [2.75, 3.05) is 6.61 Å². The lowest BCUT2D eigenvalue weighted by atomic mass is 9.78. The number of carbonyl (C=O) groups excluding carboxylic acids is 1. The van der Waals surface area contributed by atoms with Crippen LogP contribution in [0.5, 0.6) is 5.75 Å². The molecule has 5 N–H and O–H groups in total. The van der Waals surface area contributed by atoms with Gasteiger partial charge < -0.3 is 39.7 Å². The lowest BCUT2D eigenvalue weighted by Gasteiger charge is -2.43. The highest BCUT2D eigenvalue weighted by Gasteiger charge is 2.47. The van der Waals surface area contributed by atoms with Crippen LogP contribution in [-0.2, 0) is 19.0 Å². The molecule has 1 saturated carbocycles. The summed E-state index contributed by atoms with van der Waals surface area (Å²) in [5, 5.41) is 48.7. The predicted molar refractivity (Wildman–Crippen MR) is 102 cm³/mol. The standard InChI is InChI=1S/C21H26O9/c22-8-16-18(25)19(26)20(27)21(30-16)29-12-5-6-13-15(7-12)28-9-14(17(13)24)10-1-3-11(23)4-2-10/h1-4,9,12-13,15-16,18-23,25-27H,5-8H2. The molecule has 9 nitrogen and oxygen atoms in total. The van der Waals surface area contributed by atoms with Crippen molar-refractivity contribution in [3.63, 3.8) is 0 Å². The summed E-state index contributed by atoms with van der Waals surface area (Å²) < 4.78 is 17.0. The Balaban J connectivity index is 1.41. The number of ether oxygens (including phenoxy) is 3. The molecule has 2 aliphatic heterocycles. The van der Waals surface area contributed by atoms with Crippen LogP contribution in [0, 0.1) is 5.92 Å². The van der Waals surface area contributed by atoms with Gasteiger partial charge in [-0.3, -0.25) is 4.79 Å². The Morgan fingerprint density at radius 1 is 1.03 bits per heavy atom. The van der Waals surface area contributed by atoms with Crippen molar-refractivity contribution in [2.24, 2.45) is 5.92 Å². The Bertz CT molecular complexity index is 790. The van der Waals surface area contributed by atoms with E-state index in [9.17, 15) is 30.3 Å². The number of hydrogen-bond donors (Lipinski definition) is 5. The minimum absolute atomic E-state index is 0.0248. The topological polar surface area (TPSA) is 146 Å². The molecule has 9 heteroatoms. The minimum atomic E-state index is -1.50. The fourth-order valence-electron chi connectivity index (χ4n) is 4.30. The molecule has 1 aliphatic carbocycles. The predicted octanol–water partition coefficient (Wildman–Crippen LogP) is -0.314. The van der Waals surface area contributed by atoms with E-state index >= 15 is 0 Å². The number of phenols is 1. The van der Waals surface area contributed by atoms with Gasteiger partial charge in [-0.15, -0.1) is 0 Å². The maximum atomic E-state index is 12.9. The van der Waals surface area contributed by atoms with E-state index in [0.29, 0.717) is 30.4 Å². The summed E-state index contributed by atoms with van der Waals surface area (Å²) in [5.41, 5.74) is 1.14. The van der Waals surface area contributed by atoms with Gasteiger partial charge in [0.2, 0.25) is 0 Å². The zero-order valence-corrected chi connectivity index (χ0v) is 16.2. The molecule has 1 saturated heterocycles. The van der Waals surface area contributed by atoms with Gasteiger partial charge in [0, 0.05) is 6.42 Å². The van der Waals surface area contributed by atoms with Crippen molar-refractivity contribution in [2.45, 2.75) is 62.2 Å². The van der Waals surface area contributed by atoms with E-state index in [2.05, 4.69) is 0 Å². The molecule has 2 fully saturated rings. The molecule has 0 radical (unpaired) electrons. The van der Waals surface area contributed by atoms with E-state index in [-0.39, 0.29) is 29.7 Å². The summed E-state index contributed by atoms with van der Waals surface area (Å²) in [7, 11) is 0. The van der Waals surface area contributed by atoms with E-state index in [1.807, 2.05) is 0 Å². The third-order valence-electron chi connectivity index (χ3n) is 6.06. The SMILES string of the molecule is O=C1C(c2ccc(O)cc2)=COC2CC(OC3OC(CO)C(O)C(O)C3O)CCC12. The van der Waals surface area contributed by atoms with Crippen LogP contribution in [0.25, 0.3) is 5.57 Å². The molecule has 8 unspecified atom stereocenters. The fourth-order valence-corrected chi connectivity index (χ4v) is 4.30. The van der Waals surface area contributed by atoms with Crippen LogP contribution in [0.4, 0.5) is 0 Å². The Kier molecular flexibility index (Phi) is 6.10. The first-order valence-corrected chi connectivity index (χ1v) is 10.0. The average molecular weight is 422 g/mol. The molecule has 0 aromatic heterocycles. The van der Waals surface area contributed by atoms with Gasteiger partial charge in [-0.2, -0.15) is 0 Å². The zero-order valence-electron chi connectivity index (χ0n) is 16.2. The third kappa shape index (κ3) is 3.96. The quantitative estimate of drug-likeness (QED) is 0.441. The smallest absolute Gasteiger partial charge is 0.186 e. The van der Waals surface area contributed by atoms with Gasteiger partial charge in [0.1, 0.15) is 36.3 Å². The first-order valence-electron chi connectivity index (χ1n) is 10.0. The van der Waals surface area contributed by atoms with Crippen molar-refractivity contribution in [3.05, 3.63) is 36.1 Å². The van der Waals surface area contributed by atoms with Crippen LogP contribution >= 0.6 is 0 Å². The summed E-state index contributed by atoms with van der Waals surface area (Å²) >= 11 is 0. The van der Waals surface area contributed by atoms with Crippen LogP contribution in [0.2, 0.25) is 0 Å². The van der Waals surface area contributed by atoms with Gasteiger partial charge in [0.15, 0.2) is 12.1 Å². The Morgan fingerprint density at radius 2 is 1.77 bits per heavy atom. The highest BCUT2D eigenvalue weighted by atomic mass is 16.7. The lowest BCUT2D eigenvalue weighted by molar-refractivity contribution is -0.314. The number of aliphatic hydroxyl groups excluding tert-OH is 4. The number of carbonyl (C=O) groups is 1. The number of allylic oxidation sites excluding steroid dienone is 1. The largest absolute Gasteiger partial charge is 0.508 e. The fraction of sp³-hybridized carbons (Fsp3) is 0.571. The van der Waals surface area contributed by atoms with Crippen LogP contribution in [0.1, 0.15) is 24.8 Å². The van der Waals surface area contributed by atoms with E-state index in [1.54, 1.807) is 12.1 Å². The van der Waals surface area contributed by atoms with E-state index < -0.39 is 37.3 Å². The number of fused-ring (bicyclic) bond motifs is 1. The van der Waals surface area contributed by atoms with Crippen molar-refractivity contribution in [1.82, 2.24) is 0 Å². The van der Waals surface area contributed by atoms with Gasteiger partial charge in [-0.25, -0.2) is 0 Å². The summed E-state index contributed by atoms with van der Waals surface area (Å²) in [5.74, 6) is -0.232. The summed E-state index contributed by atoms with van der Waals surface area (Å²) in [6.07, 6.45) is -4.55. The second-order valence-electron chi connectivity index (χ2n) is 7.99. The molecular weight excluding hydrogens is 396 g/mol. The molecule has 8 atom stereocenters. The second kappa shape index (κ2) is 8.62. The monoisotopic (exact) mass is 422 g/mol. The number of hydrogen-bond acceptors (Lipinski definition) is 9. The maximum absolute atomic E-state index is 12.9. The number of Topliss-reactive ketones (excluding diaryl/α,β-unsaturated/α-hetero) is 1. The second-order valence-corrected chi connectivity index (χ2v) is 7.99. The summed E-state index contributed by atoms with van der Waals surface area (Å²) in [6, 6.07) is 6.36. The minimum Gasteiger partial charge on any atom is -0.508 e. The van der Waals surface area contributed by atoms with E-state index in [0.717, 1.165) is 0 Å². The number of aliphatic hydroxyl groups is 4. The average Bonchev–Trinajstić information content (AvgIpc) is 2.75. The van der Waals surface area contributed by atoms with Gasteiger partial charge in [0.25, 0.3) is 0 Å². The molecule has 30 heavy (non-hydrogen) atoms. The van der Waals surface area contributed by atoms with Crippen LogP contribution in [0.3, 0.4) is 0 Å². The van der Waals surface area contributed by atoms with Crippen LogP contribution < -0.4 is 0 Å². The van der Waals surface area contributed by atoms with Gasteiger partial charge in [-0.1, -0.05) is 12.1 Å². The van der Waals surface area contributed by atoms with Crippen LogP contribution in [0.15, 0.2) is 30.5 Å². The van der Waals surface area contributed by atoms with Gasteiger partial charge >= 0.3 is 0 Å². The normalized spacial score (nSPS) is 39.1. The van der Waals surface area contributed by atoms with Gasteiger partial charge in [-0.05, 0) is 30.5 Å². The van der Waals surface area contributed by atoms with Crippen molar-refractivity contribution >= 4 is 11.4 Å². The molecule has 4 rings (SSSR count). The van der Waals surface area contributed by atoms with E-state index in [1.165, 1.54) is 18.4 Å². The molecule has 3 aliphatic rings. The highest BCUT2D eigenvalue weighted by Crippen LogP contribution is 2.38. The first kappa shape index (κ1) is 21.2. The third-order valence-corrected chi connectivity index (χ3v) is 6.06. The molecule has 2 heterocycles. The molecule has 0 bridgehead atoms. The molecule has 0 spiro atoms. The summed E-state index contributed by atoms with van der Waals surface area (Å²) in [6.45, 7) is -0.525. The molecule has 0 amide bonds. The van der Waals surface area contributed by atoms with Crippen LogP contribution in [-0.4, -0.2) is 80.8 Å². The highest BCUT2D eigenvalue weighted by molar-refractivity contribution is 6.22. The number of aromatic hydroxyl groups is 1. The number of ketones is 1. The summed E-state index contributed by atoms with van der Waals surface area (Å²) in [4.78, 5) is 12.9. The van der Waals surface area contributed by atoms with Crippen molar-refractivity contribution < 1.29 is 44.5 Å². The Morgan fingerprint density at radius 3 is 2.47 bits per heavy atom. The maximum Gasteiger partial charge on any atom is 0.186 e. The Labute approximate surface area is 173 Å². The van der Waals surface area contributed by atoms with Gasteiger partial charge in [0.05, 0.1) is 30.5 Å². The lowest BCUT2D eigenvalue weighted by Crippen LogP contribution is -2.60. The van der Waals surface area contributed by atoms with Crippen molar-refractivity contribution in [1.29, 1.82) is 0 Å². The number of rotatable bonds is 4. The molecule has 164 valence electrons. The van der Waals surface area contributed by atoms with E-state index in [4.69, 9.17) is 14.2 Å². The molecule has 1 aromatic rings. The number of phenolic OH excluding ortho intramolecular Hbond substituents is 1. The first-order chi connectivity index (χ1) is 14.4. The number of benzene rings is 1. The molecular formula is C21H26O9.